The summed E-state index contributed by atoms with van der Waals surface area (Å²) in [7, 11) is -0.0679. The molecule has 0 aliphatic heterocycles. The van der Waals surface area contributed by atoms with E-state index < -0.39 is 0 Å². The first-order valence-corrected chi connectivity index (χ1v) is 3.12. The maximum Gasteiger partial charge on any atom is 0.0346 e. The van der Waals surface area contributed by atoms with Crippen LogP contribution in [0, 0.1) is 12.1 Å². The second-order valence-corrected chi connectivity index (χ2v) is 2.65. The summed E-state index contributed by atoms with van der Waals surface area (Å²) in [6, 6.07) is 6.09. The molecule has 0 saturated heterocycles. The molecule has 0 nitrogen and oxygen atoms in total. The maximum absolute atomic E-state index is 3.05. The standard InChI is InChI=1S/C4H8Si/c1-3-5-4-2/h5H2,1-2H3. The summed E-state index contributed by atoms with van der Waals surface area (Å²) in [5, 5.41) is 0. The van der Waals surface area contributed by atoms with Crippen molar-refractivity contribution in [1.82, 2.24) is 0 Å². The van der Waals surface area contributed by atoms with E-state index in [1.165, 1.54) is 0 Å². The van der Waals surface area contributed by atoms with E-state index in [1.807, 2.05) is 13.8 Å². The molecule has 4 radical (unpaired) electrons. The number of rotatable bonds is 2. The van der Waals surface area contributed by atoms with Crippen LogP contribution in [-0.4, -0.2) is 9.52 Å². The van der Waals surface area contributed by atoms with Gasteiger partial charge in [0, 0.05) is 9.52 Å². The molecule has 0 unspecified atom stereocenters. The zero-order valence-electron chi connectivity index (χ0n) is 3.71. The van der Waals surface area contributed by atoms with Crippen LogP contribution in [0.5, 0.6) is 0 Å². The summed E-state index contributed by atoms with van der Waals surface area (Å²) in [5.74, 6) is 0. The lowest BCUT2D eigenvalue weighted by molar-refractivity contribution is 1.62. The molecular weight excluding hydrogens is 76.1 g/mol. The average Bonchev–Trinajstić information content (AvgIpc) is 1.41. The van der Waals surface area contributed by atoms with Crippen molar-refractivity contribution in [2.75, 3.05) is 0 Å². The summed E-state index contributed by atoms with van der Waals surface area (Å²) in [6.45, 7) is 3.92. The highest BCUT2D eigenvalue weighted by molar-refractivity contribution is 6.44. The molecule has 0 aromatic carbocycles. The van der Waals surface area contributed by atoms with E-state index in [4.69, 9.17) is 0 Å². The van der Waals surface area contributed by atoms with Crippen molar-refractivity contribution < 1.29 is 0 Å². The van der Waals surface area contributed by atoms with E-state index in [0.29, 0.717) is 0 Å². The van der Waals surface area contributed by atoms with Crippen LogP contribution < -0.4 is 0 Å². The topological polar surface area (TPSA) is 0 Å². The highest BCUT2D eigenvalue weighted by atomic mass is 28.2. The third-order valence-corrected chi connectivity index (χ3v) is 1.06. The van der Waals surface area contributed by atoms with Gasteiger partial charge in [-0.25, -0.2) is 0 Å². The van der Waals surface area contributed by atoms with Gasteiger partial charge in [0.05, 0.1) is 0 Å². The smallest absolute Gasteiger partial charge is 0.0346 e. The zero-order chi connectivity index (χ0) is 4.12. The van der Waals surface area contributed by atoms with Gasteiger partial charge in [0.2, 0.25) is 0 Å². The van der Waals surface area contributed by atoms with E-state index in [2.05, 4.69) is 12.1 Å². The first-order valence-electron chi connectivity index (χ1n) is 1.71. The Balaban J connectivity index is 2.19. The van der Waals surface area contributed by atoms with Gasteiger partial charge in [-0.3, -0.25) is 0 Å². The van der Waals surface area contributed by atoms with Crippen LogP contribution in [0.2, 0.25) is 0 Å². The normalized spacial score (nSPS) is 8.40. The predicted octanol–water partition coefficient (Wildman–Crippen LogP) is 0.273. The third kappa shape index (κ3) is 4.22. The van der Waals surface area contributed by atoms with Crippen LogP contribution in [0.1, 0.15) is 13.8 Å². The summed E-state index contributed by atoms with van der Waals surface area (Å²) in [6.07, 6.45) is 0. The Morgan fingerprint density at radius 3 is 1.60 bits per heavy atom. The first-order chi connectivity index (χ1) is 2.41. The average molecular weight is 84.2 g/mol. The van der Waals surface area contributed by atoms with Gasteiger partial charge in [-0.05, 0) is 12.1 Å². The zero-order valence-corrected chi connectivity index (χ0v) is 5.12. The fourth-order valence-electron chi connectivity index (χ4n) is 0.177. The maximum atomic E-state index is 3.05. The van der Waals surface area contributed by atoms with Crippen molar-refractivity contribution >= 4 is 9.52 Å². The summed E-state index contributed by atoms with van der Waals surface area (Å²) < 4.78 is 0. The van der Waals surface area contributed by atoms with E-state index in [-0.39, 0.29) is 9.52 Å². The van der Waals surface area contributed by atoms with Gasteiger partial charge < -0.3 is 0 Å². The van der Waals surface area contributed by atoms with Crippen LogP contribution in [-0.2, 0) is 0 Å². The second kappa shape index (κ2) is 4.22. The van der Waals surface area contributed by atoms with Crippen molar-refractivity contribution in [2.45, 2.75) is 13.8 Å². The minimum absolute atomic E-state index is 0.0679. The van der Waals surface area contributed by atoms with Crippen LogP contribution in [0.15, 0.2) is 0 Å². The molecule has 0 saturated carbocycles. The molecule has 28 valence electrons. The highest BCUT2D eigenvalue weighted by Crippen LogP contribution is 1.69. The first kappa shape index (κ1) is 5.22. The Hall–Kier alpha value is 0.217. The van der Waals surface area contributed by atoms with Crippen LogP contribution >= 0.6 is 0 Å². The van der Waals surface area contributed by atoms with Crippen LogP contribution in [0.3, 0.4) is 0 Å². The van der Waals surface area contributed by atoms with Gasteiger partial charge in [0.1, 0.15) is 0 Å². The Kier molecular flexibility index (Phi) is 4.40. The molecule has 0 atom stereocenters. The Morgan fingerprint density at radius 2 is 1.60 bits per heavy atom. The third-order valence-electron chi connectivity index (χ3n) is 0.354. The molecule has 0 fully saturated rings. The van der Waals surface area contributed by atoms with Crippen LogP contribution in [0.25, 0.3) is 0 Å². The summed E-state index contributed by atoms with van der Waals surface area (Å²) >= 11 is 0. The van der Waals surface area contributed by atoms with Gasteiger partial charge >= 0.3 is 0 Å². The second-order valence-electron chi connectivity index (χ2n) is 0.884. The van der Waals surface area contributed by atoms with E-state index >= 15 is 0 Å². The molecule has 0 rings (SSSR count). The molecule has 0 amide bonds. The van der Waals surface area contributed by atoms with Gasteiger partial charge in [-0.1, -0.05) is 13.8 Å². The highest BCUT2D eigenvalue weighted by Gasteiger charge is 1.72. The fourth-order valence-corrected chi connectivity index (χ4v) is 0.530. The molecule has 0 N–H and O–H groups in total. The fraction of sp³-hybridized carbons (Fsp3) is 0.500. The van der Waals surface area contributed by atoms with Crippen molar-refractivity contribution in [3.05, 3.63) is 12.1 Å². The molecule has 5 heavy (non-hydrogen) atoms. The Labute approximate surface area is 36.4 Å². The van der Waals surface area contributed by atoms with Gasteiger partial charge in [0.15, 0.2) is 0 Å². The minimum atomic E-state index is -0.0679. The molecule has 0 aliphatic rings. The van der Waals surface area contributed by atoms with Crippen LogP contribution in [0.4, 0.5) is 0 Å². The summed E-state index contributed by atoms with van der Waals surface area (Å²) in [4.78, 5) is 0. The molecule has 0 bridgehead atoms. The number of hydrogen-bond donors (Lipinski definition) is 0. The monoisotopic (exact) mass is 84.0 g/mol. The number of hydrogen-bond acceptors (Lipinski definition) is 0. The molecule has 0 aromatic heterocycles. The van der Waals surface area contributed by atoms with Crippen molar-refractivity contribution in [3.63, 3.8) is 0 Å². The quantitative estimate of drug-likeness (QED) is 0.421. The van der Waals surface area contributed by atoms with Crippen molar-refractivity contribution in [3.8, 4) is 0 Å². The molecular formula is C4H8Si. The van der Waals surface area contributed by atoms with Gasteiger partial charge in [-0.2, -0.15) is 0 Å². The molecule has 0 spiro atoms. The Morgan fingerprint density at radius 1 is 1.20 bits per heavy atom. The molecule has 0 aliphatic carbocycles. The Bertz CT molecular complexity index is 11.1. The summed E-state index contributed by atoms with van der Waals surface area (Å²) in [5.41, 5.74) is 0. The lowest BCUT2D eigenvalue weighted by atomic mass is 11.0. The lowest BCUT2D eigenvalue weighted by Crippen LogP contribution is -1.82. The molecule has 0 heterocycles. The van der Waals surface area contributed by atoms with Crippen molar-refractivity contribution in [1.29, 1.82) is 0 Å². The van der Waals surface area contributed by atoms with E-state index in [9.17, 15) is 0 Å². The van der Waals surface area contributed by atoms with E-state index in [1.54, 1.807) is 0 Å². The SMILES string of the molecule is C[C][SiH2][C]C. The van der Waals surface area contributed by atoms with Crippen molar-refractivity contribution in [2.24, 2.45) is 0 Å². The van der Waals surface area contributed by atoms with Gasteiger partial charge in [-0.15, -0.1) is 0 Å². The largest absolute Gasteiger partial charge is 0.0621 e. The van der Waals surface area contributed by atoms with E-state index in [0.717, 1.165) is 0 Å². The molecule has 0 aromatic rings. The predicted molar refractivity (Wildman–Crippen MR) is 26.4 cm³/mol. The minimum Gasteiger partial charge on any atom is -0.0621 e. The van der Waals surface area contributed by atoms with Gasteiger partial charge in [0.25, 0.3) is 0 Å². The lowest BCUT2D eigenvalue weighted by Gasteiger charge is -1.75. The molecule has 1 heteroatoms.